The van der Waals surface area contributed by atoms with Crippen LogP contribution in [0.3, 0.4) is 0 Å². The first kappa shape index (κ1) is 20.8. The van der Waals surface area contributed by atoms with Crippen molar-refractivity contribution in [1.29, 1.82) is 0 Å². The molecule has 0 bridgehead atoms. The van der Waals surface area contributed by atoms with E-state index >= 15 is 0 Å². The van der Waals surface area contributed by atoms with Gasteiger partial charge in [-0.25, -0.2) is 8.42 Å². The van der Waals surface area contributed by atoms with Crippen LogP contribution in [0.5, 0.6) is 11.5 Å². The van der Waals surface area contributed by atoms with Crippen molar-refractivity contribution in [2.75, 3.05) is 19.5 Å². The molecule has 0 aliphatic carbocycles. The zero-order valence-electron chi connectivity index (χ0n) is 15.8. The van der Waals surface area contributed by atoms with Crippen molar-refractivity contribution < 1.29 is 22.7 Å². The van der Waals surface area contributed by atoms with E-state index in [2.05, 4.69) is 10.0 Å². The molecule has 29 heavy (non-hydrogen) atoms. The van der Waals surface area contributed by atoms with Gasteiger partial charge in [0.15, 0.2) is 0 Å². The van der Waals surface area contributed by atoms with Gasteiger partial charge >= 0.3 is 0 Å². The smallest absolute Gasteiger partial charge is 0.251 e. The summed E-state index contributed by atoms with van der Waals surface area (Å²) in [7, 11) is -0.875. The van der Waals surface area contributed by atoms with E-state index in [9.17, 15) is 13.2 Å². The van der Waals surface area contributed by atoms with Crippen molar-refractivity contribution in [3.05, 3.63) is 71.6 Å². The molecule has 0 fully saturated rings. The number of hydrogen-bond donors (Lipinski definition) is 2. The SMILES string of the molecule is COc1ccc(NC(=O)C(NS(=O)(=O)c2cccs2)c2ccccc2)c(OC)c1. The molecular formula is C20H20N2O5S2. The van der Waals surface area contributed by atoms with Crippen LogP contribution >= 0.6 is 11.3 Å². The van der Waals surface area contributed by atoms with Crippen LogP contribution in [0.2, 0.25) is 0 Å². The number of carbonyl (C=O) groups is 1. The number of hydrogen-bond acceptors (Lipinski definition) is 6. The Bertz CT molecular complexity index is 1070. The highest BCUT2D eigenvalue weighted by atomic mass is 32.2. The highest BCUT2D eigenvalue weighted by Gasteiger charge is 2.28. The number of rotatable bonds is 8. The lowest BCUT2D eigenvalue weighted by Gasteiger charge is -2.19. The summed E-state index contributed by atoms with van der Waals surface area (Å²) in [5.74, 6) is 0.420. The summed E-state index contributed by atoms with van der Waals surface area (Å²) < 4.78 is 38.5. The maximum Gasteiger partial charge on any atom is 0.251 e. The van der Waals surface area contributed by atoms with Crippen LogP contribution in [0.1, 0.15) is 11.6 Å². The number of amides is 1. The molecule has 2 aromatic carbocycles. The highest BCUT2D eigenvalue weighted by molar-refractivity contribution is 7.91. The van der Waals surface area contributed by atoms with Crippen molar-refractivity contribution in [3.63, 3.8) is 0 Å². The van der Waals surface area contributed by atoms with Gasteiger partial charge in [0, 0.05) is 6.07 Å². The van der Waals surface area contributed by atoms with Gasteiger partial charge in [-0.2, -0.15) is 4.72 Å². The van der Waals surface area contributed by atoms with Crippen LogP contribution < -0.4 is 19.5 Å². The van der Waals surface area contributed by atoms with E-state index in [-0.39, 0.29) is 4.21 Å². The quantitative estimate of drug-likeness (QED) is 0.569. The van der Waals surface area contributed by atoms with Crippen LogP contribution in [0.4, 0.5) is 5.69 Å². The van der Waals surface area contributed by atoms with E-state index in [0.717, 1.165) is 11.3 Å². The molecule has 9 heteroatoms. The fraction of sp³-hybridized carbons (Fsp3) is 0.150. The Kier molecular flexibility index (Phi) is 6.53. The first-order chi connectivity index (χ1) is 13.9. The Morgan fingerprint density at radius 2 is 1.76 bits per heavy atom. The zero-order valence-corrected chi connectivity index (χ0v) is 17.4. The minimum atomic E-state index is -3.87. The van der Waals surface area contributed by atoms with Crippen LogP contribution in [0.25, 0.3) is 0 Å². The molecule has 0 radical (unpaired) electrons. The summed E-state index contributed by atoms with van der Waals surface area (Å²) in [6.45, 7) is 0. The molecule has 0 saturated carbocycles. The molecule has 3 rings (SSSR count). The standard InChI is InChI=1S/C20H20N2O5S2/c1-26-15-10-11-16(17(13-15)27-2)21-20(23)19(14-7-4-3-5-8-14)22-29(24,25)18-9-6-12-28-18/h3-13,19,22H,1-2H3,(H,21,23). The minimum absolute atomic E-state index is 0.133. The fourth-order valence-corrected chi connectivity index (χ4v) is 4.85. The molecule has 0 aliphatic rings. The molecule has 7 nitrogen and oxygen atoms in total. The van der Waals surface area contributed by atoms with Gasteiger partial charge in [0.1, 0.15) is 21.8 Å². The average Bonchev–Trinajstić information content (AvgIpc) is 3.29. The lowest BCUT2D eigenvalue weighted by molar-refractivity contribution is -0.117. The second-order valence-electron chi connectivity index (χ2n) is 5.95. The number of ether oxygens (including phenoxy) is 2. The number of thiophene rings is 1. The molecule has 1 heterocycles. The number of nitrogens with one attached hydrogen (secondary N) is 2. The van der Waals surface area contributed by atoms with Crippen LogP contribution in [-0.2, 0) is 14.8 Å². The largest absolute Gasteiger partial charge is 0.497 e. The van der Waals surface area contributed by atoms with Crippen molar-refractivity contribution in [2.24, 2.45) is 0 Å². The van der Waals surface area contributed by atoms with Crippen molar-refractivity contribution in [2.45, 2.75) is 10.3 Å². The molecule has 1 amide bonds. The van der Waals surface area contributed by atoms with Gasteiger partial charge in [0.05, 0.1) is 19.9 Å². The number of benzene rings is 2. The number of methoxy groups -OCH3 is 2. The fourth-order valence-electron chi connectivity index (χ4n) is 2.65. The first-order valence-corrected chi connectivity index (χ1v) is 10.9. The molecule has 2 N–H and O–H groups in total. The predicted molar refractivity (Wildman–Crippen MR) is 112 cm³/mol. The Labute approximate surface area is 173 Å². The minimum Gasteiger partial charge on any atom is -0.497 e. The van der Waals surface area contributed by atoms with E-state index in [4.69, 9.17) is 9.47 Å². The lowest BCUT2D eigenvalue weighted by Crippen LogP contribution is -2.36. The summed E-state index contributed by atoms with van der Waals surface area (Å²) in [5.41, 5.74) is 0.909. The molecule has 0 aliphatic heterocycles. The summed E-state index contributed by atoms with van der Waals surface area (Å²) in [4.78, 5) is 13.1. The normalized spacial score (nSPS) is 12.2. The molecule has 152 valence electrons. The Balaban J connectivity index is 1.92. The third-order valence-electron chi connectivity index (χ3n) is 4.09. The van der Waals surface area contributed by atoms with E-state index < -0.39 is 22.0 Å². The van der Waals surface area contributed by atoms with Crippen LogP contribution in [0.15, 0.2) is 70.3 Å². The number of anilines is 1. The van der Waals surface area contributed by atoms with E-state index in [0.29, 0.717) is 22.7 Å². The van der Waals surface area contributed by atoms with E-state index in [1.165, 1.54) is 20.3 Å². The van der Waals surface area contributed by atoms with Crippen LogP contribution in [0, 0.1) is 0 Å². The first-order valence-electron chi connectivity index (χ1n) is 8.58. The predicted octanol–water partition coefficient (Wildman–Crippen LogP) is 3.42. The van der Waals surface area contributed by atoms with Gasteiger partial charge in [0.25, 0.3) is 10.0 Å². The topological polar surface area (TPSA) is 93.7 Å². The van der Waals surface area contributed by atoms with Crippen molar-refractivity contribution >= 4 is 33.0 Å². The van der Waals surface area contributed by atoms with Gasteiger partial charge in [-0.05, 0) is 29.1 Å². The van der Waals surface area contributed by atoms with E-state index in [1.807, 2.05) is 0 Å². The zero-order chi connectivity index (χ0) is 20.9. The Hall–Kier alpha value is -2.88. The molecule has 1 aromatic heterocycles. The van der Waals surface area contributed by atoms with E-state index in [1.54, 1.807) is 60.0 Å². The molecule has 0 spiro atoms. The van der Waals surface area contributed by atoms with Gasteiger partial charge < -0.3 is 14.8 Å². The van der Waals surface area contributed by atoms with Crippen molar-refractivity contribution in [3.8, 4) is 11.5 Å². The summed E-state index contributed by atoms with van der Waals surface area (Å²) in [6, 6.07) is 15.6. The highest BCUT2D eigenvalue weighted by Crippen LogP contribution is 2.30. The van der Waals surface area contributed by atoms with Crippen molar-refractivity contribution in [1.82, 2.24) is 4.72 Å². The van der Waals surface area contributed by atoms with Gasteiger partial charge in [-0.1, -0.05) is 36.4 Å². The number of carbonyl (C=O) groups excluding carboxylic acids is 1. The maximum absolute atomic E-state index is 13.1. The monoisotopic (exact) mass is 432 g/mol. The molecule has 1 atom stereocenters. The summed E-state index contributed by atoms with van der Waals surface area (Å²) in [6.07, 6.45) is 0. The second kappa shape index (κ2) is 9.08. The summed E-state index contributed by atoms with van der Waals surface area (Å²) >= 11 is 1.08. The number of sulfonamides is 1. The molecule has 3 aromatic rings. The van der Waals surface area contributed by atoms with Gasteiger partial charge in [0.2, 0.25) is 5.91 Å². The van der Waals surface area contributed by atoms with Crippen LogP contribution in [-0.4, -0.2) is 28.5 Å². The summed E-state index contributed by atoms with van der Waals surface area (Å²) in [5, 5.41) is 4.40. The Morgan fingerprint density at radius 1 is 1.00 bits per heavy atom. The maximum atomic E-state index is 13.1. The average molecular weight is 433 g/mol. The second-order valence-corrected chi connectivity index (χ2v) is 8.84. The molecule has 1 unspecified atom stereocenters. The van der Waals surface area contributed by atoms with Gasteiger partial charge in [-0.15, -0.1) is 11.3 Å². The lowest BCUT2D eigenvalue weighted by atomic mass is 10.1. The Morgan fingerprint density at radius 3 is 2.38 bits per heavy atom. The van der Waals surface area contributed by atoms with Gasteiger partial charge in [-0.3, -0.25) is 4.79 Å². The third-order valence-corrected chi connectivity index (χ3v) is 6.91. The third kappa shape index (κ3) is 4.94. The molecule has 0 saturated heterocycles. The molecular weight excluding hydrogens is 412 g/mol.